The van der Waals surface area contributed by atoms with Gasteiger partial charge >= 0.3 is 6.03 Å². The highest BCUT2D eigenvalue weighted by Crippen LogP contribution is 2.25. The minimum atomic E-state index is -0.817. The summed E-state index contributed by atoms with van der Waals surface area (Å²) in [7, 11) is 0. The van der Waals surface area contributed by atoms with E-state index in [9.17, 15) is 19.6 Å². The van der Waals surface area contributed by atoms with Crippen LogP contribution in [0.4, 0.5) is 10.5 Å². The Kier molecular flexibility index (Phi) is 6.88. The second-order valence-electron chi connectivity index (χ2n) is 7.51. The quantitative estimate of drug-likeness (QED) is 0.412. The van der Waals surface area contributed by atoms with E-state index in [0.717, 1.165) is 10.5 Å². The molecule has 3 aromatic carbocycles. The monoisotopic (exact) mass is 467 g/mol. The van der Waals surface area contributed by atoms with Crippen molar-refractivity contribution in [3.05, 3.63) is 95.1 Å². The van der Waals surface area contributed by atoms with E-state index in [4.69, 9.17) is 9.47 Å². The topological polar surface area (TPSA) is 109 Å². The number of carbonyl (C=O) groups excluding carboxylic acids is 3. The van der Waals surface area contributed by atoms with Crippen LogP contribution in [0.2, 0.25) is 0 Å². The number of ether oxygens (including phenoxy) is 2. The van der Waals surface area contributed by atoms with Crippen LogP contribution in [0.5, 0.6) is 11.5 Å². The summed E-state index contributed by atoms with van der Waals surface area (Å²) in [6, 6.07) is 21.7. The van der Waals surface area contributed by atoms with Gasteiger partial charge in [0.1, 0.15) is 23.7 Å². The number of barbiturate groups is 1. The number of carbonyl (C=O) groups is 3. The number of benzene rings is 3. The van der Waals surface area contributed by atoms with Gasteiger partial charge in [-0.2, -0.15) is 5.26 Å². The normalized spacial score (nSPS) is 14.5. The van der Waals surface area contributed by atoms with Crippen molar-refractivity contribution in [2.75, 3.05) is 11.5 Å². The van der Waals surface area contributed by atoms with Crippen molar-refractivity contribution >= 4 is 29.6 Å². The average molecular weight is 467 g/mol. The van der Waals surface area contributed by atoms with Gasteiger partial charge in [-0.05, 0) is 61.0 Å². The predicted molar refractivity (Wildman–Crippen MR) is 129 cm³/mol. The first-order valence-electron chi connectivity index (χ1n) is 10.9. The number of anilines is 1. The highest BCUT2D eigenvalue weighted by Gasteiger charge is 2.36. The van der Waals surface area contributed by atoms with E-state index in [1.54, 1.807) is 60.7 Å². The molecule has 1 fully saturated rings. The molecule has 1 saturated heterocycles. The Hall–Kier alpha value is -4.90. The van der Waals surface area contributed by atoms with Gasteiger partial charge in [0.05, 0.1) is 23.9 Å². The van der Waals surface area contributed by atoms with Gasteiger partial charge in [-0.25, -0.2) is 9.69 Å². The Morgan fingerprint density at radius 1 is 0.914 bits per heavy atom. The van der Waals surface area contributed by atoms with Gasteiger partial charge in [0.25, 0.3) is 11.8 Å². The van der Waals surface area contributed by atoms with Crippen LogP contribution in [-0.2, 0) is 16.2 Å². The van der Waals surface area contributed by atoms with E-state index in [2.05, 4.69) is 11.4 Å². The van der Waals surface area contributed by atoms with Crippen molar-refractivity contribution in [3.63, 3.8) is 0 Å². The van der Waals surface area contributed by atoms with Crippen molar-refractivity contribution in [2.24, 2.45) is 0 Å². The number of rotatable bonds is 7. The maximum Gasteiger partial charge on any atom is 0.335 e. The van der Waals surface area contributed by atoms with Gasteiger partial charge in [-0.15, -0.1) is 0 Å². The predicted octanol–water partition coefficient (Wildman–Crippen LogP) is 4.20. The van der Waals surface area contributed by atoms with Crippen LogP contribution < -0.4 is 19.7 Å². The van der Waals surface area contributed by atoms with Gasteiger partial charge in [0, 0.05) is 5.56 Å². The van der Waals surface area contributed by atoms with Gasteiger partial charge in [-0.1, -0.05) is 30.3 Å². The van der Waals surface area contributed by atoms with E-state index >= 15 is 0 Å². The molecule has 1 aliphatic rings. The lowest BCUT2D eigenvalue weighted by molar-refractivity contribution is -0.122. The second kappa shape index (κ2) is 10.4. The molecule has 0 radical (unpaired) electrons. The average Bonchev–Trinajstić information content (AvgIpc) is 2.87. The summed E-state index contributed by atoms with van der Waals surface area (Å²) in [5.74, 6) is -0.330. The van der Waals surface area contributed by atoms with E-state index in [0.29, 0.717) is 34.9 Å². The number of urea groups is 1. The van der Waals surface area contributed by atoms with Crippen LogP contribution in [0.1, 0.15) is 23.6 Å². The summed E-state index contributed by atoms with van der Waals surface area (Å²) in [5.41, 5.74) is 2.03. The lowest BCUT2D eigenvalue weighted by Crippen LogP contribution is -2.54. The molecule has 8 heteroatoms. The van der Waals surface area contributed by atoms with Crippen LogP contribution in [0, 0.1) is 11.3 Å². The number of imide groups is 2. The maximum atomic E-state index is 13.0. The van der Waals surface area contributed by atoms with E-state index in [1.807, 2.05) is 19.1 Å². The molecule has 0 bridgehead atoms. The zero-order chi connectivity index (χ0) is 24.8. The van der Waals surface area contributed by atoms with Crippen molar-refractivity contribution in [3.8, 4) is 17.6 Å². The van der Waals surface area contributed by atoms with Crippen LogP contribution in [0.25, 0.3) is 6.08 Å². The van der Waals surface area contributed by atoms with Crippen molar-refractivity contribution in [1.82, 2.24) is 5.32 Å². The fourth-order valence-electron chi connectivity index (χ4n) is 3.49. The molecule has 3 aromatic rings. The molecule has 1 heterocycles. The molecule has 1 aliphatic heterocycles. The Labute approximate surface area is 202 Å². The lowest BCUT2D eigenvalue weighted by Gasteiger charge is -2.26. The fraction of sp³-hybridized carbons (Fsp3) is 0.111. The standard InChI is InChI=1S/C27H21N3O5/c1-2-34-22-13-9-21(10-14-22)30-26(32)24(25(31)29-27(30)33)15-18-7-11-23(12-8-18)35-17-20-6-4-3-5-19(20)16-28/h3-15H,2,17H2,1H3,(H,29,31,33)/b24-15+. The molecule has 4 rings (SSSR count). The van der Waals surface area contributed by atoms with Crippen molar-refractivity contribution < 1.29 is 23.9 Å². The molecule has 0 spiro atoms. The van der Waals surface area contributed by atoms with Crippen LogP contribution in [-0.4, -0.2) is 24.5 Å². The van der Waals surface area contributed by atoms with Crippen molar-refractivity contribution in [1.29, 1.82) is 5.26 Å². The number of hydrogen-bond acceptors (Lipinski definition) is 6. The molecule has 1 N–H and O–H groups in total. The third kappa shape index (κ3) is 5.20. The Morgan fingerprint density at radius 2 is 1.57 bits per heavy atom. The summed E-state index contributed by atoms with van der Waals surface area (Å²) in [5, 5.41) is 11.4. The summed E-state index contributed by atoms with van der Waals surface area (Å²) < 4.78 is 11.1. The summed E-state index contributed by atoms with van der Waals surface area (Å²) in [6.45, 7) is 2.57. The zero-order valence-electron chi connectivity index (χ0n) is 18.9. The van der Waals surface area contributed by atoms with E-state index in [-0.39, 0.29) is 12.2 Å². The molecule has 0 saturated carbocycles. The first-order chi connectivity index (χ1) is 17.0. The van der Waals surface area contributed by atoms with Crippen LogP contribution >= 0.6 is 0 Å². The molecular formula is C27H21N3O5. The smallest absolute Gasteiger partial charge is 0.335 e. The minimum Gasteiger partial charge on any atom is -0.494 e. The molecule has 0 aliphatic carbocycles. The minimum absolute atomic E-state index is 0.171. The Bertz CT molecular complexity index is 1340. The van der Waals surface area contributed by atoms with Gasteiger partial charge < -0.3 is 9.47 Å². The molecule has 0 aromatic heterocycles. The fourth-order valence-corrected chi connectivity index (χ4v) is 3.49. The van der Waals surface area contributed by atoms with Crippen molar-refractivity contribution in [2.45, 2.75) is 13.5 Å². The maximum absolute atomic E-state index is 13.0. The molecule has 0 atom stereocenters. The van der Waals surface area contributed by atoms with E-state index in [1.165, 1.54) is 6.08 Å². The van der Waals surface area contributed by atoms with Gasteiger partial charge in [0.2, 0.25) is 0 Å². The number of hydrogen-bond donors (Lipinski definition) is 1. The summed E-state index contributed by atoms with van der Waals surface area (Å²) in [6.07, 6.45) is 1.42. The third-order valence-electron chi connectivity index (χ3n) is 5.23. The molecule has 174 valence electrons. The van der Waals surface area contributed by atoms with Gasteiger partial charge in [-0.3, -0.25) is 14.9 Å². The molecule has 8 nitrogen and oxygen atoms in total. The molecule has 35 heavy (non-hydrogen) atoms. The van der Waals surface area contributed by atoms with Gasteiger partial charge in [0.15, 0.2) is 0 Å². The highest BCUT2D eigenvalue weighted by molar-refractivity contribution is 6.39. The number of nitrogens with one attached hydrogen (secondary N) is 1. The molecule has 0 unspecified atom stereocenters. The number of nitriles is 1. The van der Waals surface area contributed by atoms with Crippen LogP contribution in [0.15, 0.2) is 78.4 Å². The SMILES string of the molecule is CCOc1ccc(N2C(=O)NC(=O)/C(=C\c3ccc(OCc4ccccc4C#N)cc3)C2=O)cc1. The molecular weight excluding hydrogens is 446 g/mol. The van der Waals surface area contributed by atoms with E-state index < -0.39 is 17.8 Å². The summed E-state index contributed by atoms with van der Waals surface area (Å²) in [4.78, 5) is 38.7. The first-order valence-corrected chi connectivity index (χ1v) is 10.9. The Balaban J connectivity index is 1.50. The third-order valence-corrected chi connectivity index (χ3v) is 5.23. The number of amides is 4. The largest absolute Gasteiger partial charge is 0.494 e. The second-order valence-corrected chi connectivity index (χ2v) is 7.51. The first kappa shape index (κ1) is 23.3. The Morgan fingerprint density at radius 3 is 2.26 bits per heavy atom. The zero-order valence-corrected chi connectivity index (χ0v) is 18.9. The van der Waals surface area contributed by atoms with Crippen LogP contribution in [0.3, 0.4) is 0 Å². The lowest BCUT2D eigenvalue weighted by atomic mass is 10.1. The molecule has 4 amide bonds. The highest BCUT2D eigenvalue weighted by atomic mass is 16.5. The number of nitrogens with zero attached hydrogens (tertiary/aromatic N) is 2. The summed E-state index contributed by atoms with van der Waals surface area (Å²) >= 11 is 0.